The molecule has 0 aliphatic carbocycles. The Balaban J connectivity index is 2.17. The Labute approximate surface area is 125 Å². The first kappa shape index (κ1) is 16.1. The van der Waals surface area contributed by atoms with Crippen LogP contribution in [-0.2, 0) is 0 Å². The van der Waals surface area contributed by atoms with Crippen molar-refractivity contribution < 1.29 is 18.6 Å². The highest BCUT2D eigenvalue weighted by molar-refractivity contribution is 5.42. The van der Waals surface area contributed by atoms with Crippen LogP contribution in [0.4, 0.5) is 8.78 Å². The standard InChI is InChI=1S/C16H16F2O4/c1-7(2)11-14(20)15(21)16(11)22-6-8(3)9-4-5-10(17)13(19)12(9)18/h4-5,7-8,19H,6H2,1-3H3/t8-/m0/s1. The van der Waals surface area contributed by atoms with Gasteiger partial charge in [-0.3, -0.25) is 9.59 Å². The third kappa shape index (κ3) is 2.61. The van der Waals surface area contributed by atoms with Gasteiger partial charge in [0.15, 0.2) is 23.1 Å². The molecule has 0 saturated carbocycles. The molecule has 0 saturated heterocycles. The molecule has 2 rings (SSSR count). The van der Waals surface area contributed by atoms with Gasteiger partial charge in [0.05, 0.1) is 12.2 Å². The minimum absolute atomic E-state index is 0.0126. The molecule has 0 spiro atoms. The van der Waals surface area contributed by atoms with E-state index in [1.807, 2.05) is 0 Å². The Morgan fingerprint density at radius 2 is 1.77 bits per heavy atom. The molecule has 22 heavy (non-hydrogen) atoms. The third-order valence-corrected chi connectivity index (χ3v) is 3.58. The smallest absolute Gasteiger partial charge is 0.268 e. The van der Waals surface area contributed by atoms with Crippen molar-refractivity contribution in [1.82, 2.24) is 0 Å². The minimum Gasteiger partial charge on any atom is -0.503 e. The summed E-state index contributed by atoms with van der Waals surface area (Å²) in [5, 5.41) is 9.26. The number of phenolic OH excluding ortho intramolecular Hbond substituents is 1. The van der Waals surface area contributed by atoms with Crippen molar-refractivity contribution in [3.63, 3.8) is 0 Å². The van der Waals surface area contributed by atoms with Crippen LogP contribution in [0.15, 0.2) is 21.7 Å². The van der Waals surface area contributed by atoms with E-state index in [2.05, 4.69) is 0 Å². The van der Waals surface area contributed by atoms with Gasteiger partial charge in [-0.2, -0.15) is 0 Å². The van der Waals surface area contributed by atoms with Crippen molar-refractivity contribution in [3.05, 3.63) is 55.3 Å². The molecule has 2 aromatic carbocycles. The second-order valence-corrected chi connectivity index (χ2v) is 5.57. The summed E-state index contributed by atoms with van der Waals surface area (Å²) in [6, 6.07) is 2.17. The topological polar surface area (TPSA) is 63.6 Å². The van der Waals surface area contributed by atoms with Gasteiger partial charge in [0.25, 0.3) is 5.43 Å². The maximum atomic E-state index is 13.8. The molecule has 0 amide bonds. The van der Waals surface area contributed by atoms with Gasteiger partial charge in [0.1, 0.15) is 0 Å². The summed E-state index contributed by atoms with van der Waals surface area (Å²) in [7, 11) is 0. The molecule has 1 atom stereocenters. The minimum atomic E-state index is -1.05. The van der Waals surface area contributed by atoms with Gasteiger partial charge < -0.3 is 9.84 Å². The zero-order valence-corrected chi connectivity index (χ0v) is 12.4. The second kappa shape index (κ2) is 5.87. The molecule has 4 nitrogen and oxygen atoms in total. The molecule has 118 valence electrons. The number of hydrogen-bond donors (Lipinski definition) is 1. The van der Waals surface area contributed by atoms with E-state index in [-0.39, 0.29) is 23.8 Å². The Hall–Kier alpha value is -2.24. The van der Waals surface area contributed by atoms with Crippen LogP contribution >= 0.6 is 0 Å². The summed E-state index contributed by atoms with van der Waals surface area (Å²) in [4.78, 5) is 22.9. The molecule has 1 N–H and O–H groups in total. The molecule has 0 aliphatic rings. The summed E-state index contributed by atoms with van der Waals surface area (Å²) >= 11 is 0. The van der Waals surface area contributed by atoms with E-state index in [4.69, 9.17) is 4.74 Å². The Kier molecular flexibility index (Phi) is 4.30. The summed E-state index contributed by atoms with van der Waals surface area (Å²) < 4.78 is 32.2. The molecule has 0 unspecified atom stereocenters. The molecule has 0 aromatic heterocycles. The van der Waals surface area contributed by atoms with Crippen molar-refractivity contribution in [2.75, 3.05) is 6.61 Å². The first-order chi connectivity index (χ1) is 10.3. The number of benzene rings is 1. The van der Waals surface area contributed by atoms with Crippen molar-refractivity contribution >= 4 is 0 Å². The maximum Gasteiger partial charge on any atom is 0.268 e. The Bertz CT molecular complexity index is 773. The Morgan fingerprint density at radius 1 is 1.14 bits per heavy atom. The monoisotopic (exact) mass is 310 g/mol. The average molecular weight is 310 g/mol. The summed E-state index contributed by atoms with van der Waals surface area (Å²) in [5.74, 6) is -3.79. The van der Waals surface area contributed by atoms with Gasteiger partial charge >= 0.3 is 0 Å². The van der Waals surface area contributed by atoms with Crippen LogP contribution in [-0.4, -0.2) is 11.7 Å². The zero-order chi connectivity index (χ0) is 16.6. The lowest BCUT2D eigenvalue weighted by Crippen LogP contribution is -2.38. The molecular formula is C16H16F2O4. The number of ether oxygens (including phenoxy) is 1. The lowest BCUT2D eigenvalue weighted by atomic mass is 9.97. The molecule has 0 heterocycles. The number of hydrogen-bond acceptors (Lipinski definition) is 4. The fourth-order valence-corrected chi connectivity index (χ4v) is 2.29. The molecule has 6 heteroatoms. The van der Waals surface area contributed by atoms with E-state index in [9.17, 15) is 23.5 Å². The first-order valence-electron chi connectivity index (χ1n) is 6.88. The summed E-state index contributed by atoms with van der Waals surface area (Å²) in [6.07, 6.45) is 0. The van der Waals surface area contributed by atoms with Gasteiger partial charge in [-0.05, 0) is 17.5 Å². The van der Waals surface area contributed by atoms with E-state index in [1.165, 1.54) is 6.07 Å². The zero-order valence-electron chi connectivity index (χ0n) is 12.4. The quantitative estimate of drug-likeness (QED) is 0.862. The van der Waals surface area contributed by atoms with Gasteiger partial charge in [-0.15, -0.1) is 0 Å². The van der Waals surface area contributed by atoms with E-state index in [0.29, 0.717) is 5.56 Å². The molecule has 0 radical (unpaired) electrons. The van der Waals surface area contributed by atoms with E-state index >= 15 is 0 Å². The highest BCUT2D eigenvalue weighted by atomic mass is 19.1. The van der Waals surface area contributed by atoms with Crippen molar-refractivity contribution in [3.8, 4) is 11.5 Å². The van der Waals surface area contributed by atoms with Crippen molar-refractivity contribution in [2.45, 2.75) is 32.6 Å². The number of halogens is 2. The van der Waals surface area contributed by atoms with Crippen LogP contribution in [0.1, 0.15) is 43.7 Å². The highest BCUT2D eigenvalue weighted by Gasteiger charge is 2.26. The van der Waals surface area contributed by atoms with E-state index in [0.717, 1.165) is 6.07 Å². The van der Waals surface area contributed by atoms with Crippen molar-refractivity contribution in [2.24, 2.45) is 0 Å². The van der Waals surface area contributed by atoms with Crippen LogP contribution in [0.2, 0.25) is 0 Å². The predicted octanol–water partition coefficient (Wildman–Crippen LogP) is 2.57. The van der Waals surface area contributed by atoms with Crippen LogP contribution in [0.25, 0.3) is 0 Å². The van der Waals surface area contributed by atoms with E-state index in [1.54, 1.807) is 20.8 Å². The average Bonchev–Trinajstić information content (AvgIpc) is 2.47. The van der Waals surface area contributed by atoms with Gasteiger partial charge in [0, 0.05) is 5.92 Å². The fraction of sp³-hybridized carbons (Fsp3) is 0.375. The summed E-state index contributed by atoms with van der Waals surface area (Å²) in [6.45, 7) is 5.08. The van der Waals surface area contributed by atoms with Crippen LogP contribution in [0.5, 0.6) is 11.5 Å². The van der Waals surface area contributed by atoms with Gasteiger partial charge in [0.2, 0.25) is 5.43 Å². The highest BCUT2D eigenvalue weighted by Crippen LogP contribution is 2.29. The Morgan fingerprint density at radius 3 is 2.36 bits per heavy atom. The maximum absolute atomic E-state index is 13.8. The SMILES string of the molecule is CC(C)c1c(OC[C@H](C)c2ccc(F)c(O)c2F)c(=O)c1=O. The number of rotatable bonds is 5. The second-order valence-electron chi connectivity index (χ2n) is 5.57. The normalized spacial score (nSPS) is 12.8. The fourth-order valence-electron chi connectivity index (χ4n) is 2.29. The molecular weight excluding hydrogens is 294 g/mol. The molecule has 0 fully saturated rings. The lowest BCUT2D eigenvalue weighted by Gasteiger charge is -2.18. The number of phenols is 1. The van der Waals surface area contributed by atoms with Gasteiger partial charge in [-0.25, -0.2) is 8.78 Å². The predicted molar refractivity (Wildman–Crippen MR) is 77.4 cm³/mol. The van der Waals surface area contributed by atoms with Gasteiger partial charge in [-0.1, -0.05) is 26.8 Å². The van der Waals surface area contributed by atoms with Crippen LogP contribution in [0, 0.1) is 11.6 Å². The molecule has 0 aliphatic heterocycles. The summed E-state index contributed by atoms with van der Waals surface area (Å²) in [5.41, 5.74) is -0.829. The molecule has 0 bridgehead atoms. The van der Waals surface area contributed by atoms with Crippen LogP contribution < -0.4 is 15.6 Å². The molecule has 2 aromatic rings. The number of aromatic hydroxyl groups is 1. The van der Waals surface area contributed by atoms with Crippen LogP contribution in [0.3, 0.4) is 0 Å². The largest absolute Gasteiger partial charge is 0.503 e. The lowest BCUT2D eigenvalue weighted by molar-refractivity contribution is 0.280. The third-order valence-electron chi connectivity index (χ3n) is 3.58. The van der Waals surface area contributed by atoms with Crippen molar-refractivity contribution in [1.29, 1.82) is 0 Å². The van der Waals surface area contributed by atoms with E-state index < -0.39 is 34.2 Å². The first-order valence-corrected chi connectivity index (χ1v) is 6.88.